The highest BCUT2D eigenvalue weighted by molar-refractivity contribution is 5.89. The Balaban J connectivity index is 1.37. The fourth-order valence-electron chi connectivity index (χ4n) is 3.58. The van der Waals surface area contributed by atoms with Crippen LogP contribution in [0, 0.1) is 13.8 Å². The number of hydrogen-bond donors (Lipinski definition) is 2. The Labute approximate surface area is 188 Å². The van der Waals surface area contributed by atoms with Crippen molar-refractivity contribution in [1.29, 1.82) is 0 Å². The van der Waals surface area contributed by atoms with Gasteiger partial charge in [0.05, 0.1) is 7.11 Å². The summed E-state index contributed by atoms with van der Waals surface area (Å²) in [5.74, 6) is 2.14. The van der Waals surface area contributed by atoms with E-state index in [1.165, 1.54) is 5.56 Å². The van der Waals surface area contributed by atoms with Crippen molar-refractivity contribution in [2.75, 3.05) is 48.8 Å². The number of anilines is 4. The number of carbonyl (C=O) groups is 1. The first-order valence-electron chi connectivity index (χ1n) is 10.6. The van der Waals surface area contributed by atoms with Crippen LogP contribution in [-0.2, 0) is 0 Å². The van der Waals surface area contributed by atoms with E-state index >= 15 is 0 Å². The molecule has 2 amide bonds. The maximum absolute atomic E-state index is 12.7. The number of rotatable bonds is 5. The van der Waals surface area contributed by atoms with Crippen molar-refractivity contribution < 1.29 is 9.53 Å². The Bertz CT molecular complexity index is 1080. The quantitative estimate of drug-likeness (QED) is 0.629. The minimum absolute atomic E-state index is 0.113. The molecule has 1 aliphatic heterocycles. The number of nitrogens with zero attached hydrogens (tertiary/aromatic N) is 4. The number of piperazine rings is 1. The van der Waals surface area contributed by atoms with E-state index in [1.807, 2.05) is 48.2 Å². The third-order valence-corrected chi connectivity index (χ3v) is 5.36. The summed E-state index contributed by atoms with van der Waals surface area (Å²) in [5, 5.41) is 6.22. The molecule has 0 radical (unpaired) electrons. The number of urea groups is 1. The van der Waals surface area contributed by atoms with Crippen LogP contribution in [-0.4, -0.2) is 54.2 Å². The fourth-order valence-corrected chi connectivity index (χ4v) is 3.58. The largest absolute Gasteiger partial charge is 0.497 e. The van der Waals surface area contributed by atoms with Crippen LogP contribution in [0.5, 0.6) is 5.75 Å². The molecule has 0 bridgehead atoms. The lowest BCUT2D eigenvalue weighted by Crippen LogP contribution is -2.50. The standard InChI is InChI=1S/C24H28N6O2/c1-17-7-9-19(10-8-17)26-23-25-18(2)15-22(28-23)29-11-13-30(14-12-29)24(31)27-20-5-4-6-21(16-20)32-3/h4-10,15-16H,11-14H2,1-3H3,(H,27,31)(H,25,26,28). The predicted octanol–water partition coefficient (Wildman–Crippen LogP) is 4.20. The van der Waals surface area contributed by atoms with Crippen LogP contribution in [0.15, 0.2) is 54.6 Å². The monoisotopic (exact) mass is 432 g/mol. The first-order chi connectivity index (χ1) is 15.5. The number of carbonyl (C=O) groups excluding carboxylic acids is 1. The number of methoxy groups -OCH3 is 1. The van der Waals surface area contributed by atoms with Gasteiger partial charge >= 0.3 is 6.03 Å². The number of ether oxygens (including phenoxy) is 1. The third-order valence-electron chi connectivity index (χ3n) is 5.36. The van der Waals surface area contributed by atoms with Gasteiger partial charge in [-0.05, 0) is 38.1 Å². The minimum Gasteiger partial charge on any atom is -0.497 e. The van der Waals surface area contributed by atoms with Crippen LogP contribution in [0.2, 0.25) is 0 Å². The molecular weight excluding hydrogens is 404 g/mol. The Morgan fingerprint density at radius 3 is 2.41 bits per heavy atom. The summed E-state index contributed by atoms with van der Waals surface area (Å²) < 4.78 is 5.22. The third kappa shape index (κ3) is 5.26. The Morgan fingerprint density at radius 2 is 1.69 bits per heavy atom. The fraction of sp³-hybridized carbons (Fsp3) is 0.292. The van der Waals surface area contributed by atoms with Crippen LogP contribution in [0.1, 0.15) is 11.3 Å². The van der Waals surface area contributed by atoms with E-state index in [4.69, 9.17) is 9.72 Å². The Morgan fingerprint density at radius 1 is 0.938 bits per heavy atom. The molecule has 1 aliphatic rings. The van der Waals surface area contributed by atoms with Crippen molar-refractivity contribution in [1.82, 2.24) is 14.9 Å². The van der Waals surface area contributed by atoms with Crippen LogP contribution in [0.25, 0.3) is 0 Å². The van der Waals surface area contributed by atoms with Gasteiger partial charge in [0, 0.05) is 55.4 Å². The van der Waals surface area contributed by atoms with E-state index in [-0.39, 0.29) is 6.03 Å². The molecule has 0 atom stereocenters. The predicted molar refractivity (Wildman–Crippen MR) is 127 cm³/mol. The highest BCUT2D eigenvalue weighted by atomic mass is 16.5. The lowest BCUT2D eigenvalue weighted by Gasteiger charge is -2.35. The second kappa shape index (κ2) is 9.55. The van der Waals surface area contributed by atoms with Gasteiger partial charge in [-0.3, -0.25) is 0 Å². The Hall–Kier alpha value is -3.81. The van der Waals surface area contributed by atoms with Crippen molar-refractivity contribution in [2.24, 2.45) is 0 Å². The van der Waals surface area contributed by atoms with Crippen LogP contribution in [0.3, 0.4) is 0 Å². The summed E-state index contributed by atoms with van der Waals surface area (Å²) in [4.78, 5) is 25.9. The highest BCUT2D eigenvalue weighted by Crippen LogP contribution is 2.21. The van der Waals surface area contributed by atoms with E-state index in [0.29, 0.717) is 37.9 Å². The molecule has 2 aromatic carbocycles. The summed E-state index contributed by atoms with van der Waals surface area (Å²) in [6.45, 7) is 6.64. The summed E-state index contributed by atoms with van der Waals surface area (Å²) in [6.07, 6.45) is 0. The van der Waals surface area contributed by atoms with Crippen molar-refractivity contribution in [3.05, 3.63) is 65.9 Å². The number of benzene rings is 2. The topological polar surface area (TPSA) is 82.6 Å². The maximum atomic E-state index is 12.7. The molecule has 0 unspecified atom stereocenters. The van der Waals surface area contributed by atoms with Crippen molar-refractivity contribution >= 4 is 29.2 Å². The van der Waals surface area contributed by atoms with E-state index < -0.39 is 0 Å². The van der Waals surface area contributed by atoms with Gasteiger partial charge in [0.15, 0.2) is 0 Å². The summed E-state index contributed by atoms with van der Waals surface area (Å²) in [6, 6.07) is 17.4. The normalized spacial score (nSPS) is 13.6. The molecule has 1 aromatic heterocycles. The van der Waals surface area contributed by atoms with Gasteiger partial charge in [0.25, 0.3) is 0 Å². The zero-order valence-corrected chi connectivity index (χ0v) is 18.6. The molecule has 0 aliphatic carbocycles. The molecule has 166 valence electrons. The van der Waals surface area contributed by atoms with E-state index in [9.17, 15) is 4.79 Å². The van der Waals surface area contributed by atoms with Crippen molar-refractivity contribution in [2.45, 2.75) is 13.8 Å². The zero-order valence-electron chi connectivity index (χ0n) is 18.6. The van der Waals surface area contributed by atoms with Gasteiger partial charge in [-0.1, -0.05) is 23.8 Å². The van der Waals surface area contributed by atoms with Crippen LogP contribution < -0.4 is 20.3 Å². The van der Waals surface area contributed by atoms with Gasteiger partial charge in [0.1, 0.15) is 11.6 Å². The lowest BCUT2D eigenvalue weighted by atomic mass is 10.2. The van der Waals surface area contributed by atoms with Gasteiger partial charge in [-0.2, -0.15) is 4.98 Å². The van der Waals surface area contributed by atoms with Crippen LogP contribution >= 0.6 is 0 Å². The molecule has 2 N–H and O–H groups in total. The average molecular weight is 433 g/mol. The first-order valence-corrected chi connectivity index (χ1v) is 10.6. The second-order valence-corrected chi connectivity index (χ2v) is 7.82. The molecule has 2 heterocycles. The molecule has 0 saturated carbocycles. The zero-order chi connectivity index (χ0) is 22.5. The smallest absolute Gasteiger partial charge is 0.321 e. The number of hydrogen-bond acceptors (Lipinski definition) is 6. The molecule has 0 spiro atoms. The summed E-state index contributed by atoms with van der Waals surface area (Å²) in [5.41, 5.74) is 3.76. The molecule has 8 heteroatoms. The SMILES string of the molecule is COc1cccc(NC(=O)N2CCN(c3cc(C)nc(Nc4ccc(C)cc4)n3)CC2)c1. The average Bonchev–Trinajstić information content (AvgIpc) is 2.80. The van der Waals surface area contributed by atoms with E-state index in [0.717, 1.165) is 22.9 Å². The number of aryl methyl sites for hydroxylation is 2. The maximum Gasteiger partial charge on any atom is 0.321 e. The second-order valence-electron chi connectivity index (χ2n) is 7.82. The number of nitrogens with one attached hydrogen (secondary N) is 2. The van der Waals surface area contributed by atoms with E-state index in [1.54, 1.807) is 13.2 Å². The van der Waals surface area contributed by atoms with Gasteiger partial charge in [0.2, 0.25) is 5.95 Å². The first kappa shape index (κ1) is 21.4. The number of amides is 2. The van der Waals surface area contributed by atoms with E-state index in [2.05, 4.69) is 39.6 Å². The van der Waals surface area contributed by atoms with Crippen molar-refractivity contribution in [3.63, 3.8) is 0 Å². The minimum atomic E-state index is -0.113. The molecule has 8 nitrogen and oxygen atoms in total. The highest BCUT2D eigenvalue weighted by Gasteiger charge is 2.22. The molecular formula is C24H28N6O2. The molecule has 32 heavy (non-hydrogen) atoms. The van der Waals surface area contributed by atoms with Gasteiger partial charge in [-0.25, -0.2) is 9.78 Å². The molecule has 3 aromatic rings. The summed E-state index contributed by atoms with van der Waals surface area (Å²) in [7, 11) is 1.61. The van der Waals surface area contributed by atoms with Crippen molar-refractivity contribution in [3.8, 4) is 5.75 Å². The van der Waals surface area contributed by atoms with Crippen LogP contribution in [0.4, 0.5) is 27.9 Å². The van der Waals surface area contributed by atoms with Gasteiger partial charge in [-0.15, -0.1) is 0 Å². The summed E-state index contributed by atoms with van der Waals surface area (Å²) >= 11 is 0. The number of aromatic nitrogens is 2. The molecule has 1 saturated heterocycles. The molecule has 4 rings (SSSR count). The molecule has 1 fully saturated rings. The van der Waals surface area contributed by atoms with Gasteiger partial charge < -0.3 is 25.2 Å². The Kier molecular flexibility index (Phi) is 6.39. The lowest BCUT2D eigenvalue weighted by molar-refractivity contribution is 0.208.